The van der Waals surface area contributed by atoms with Crippen LogP contribution >= 0.6 is 0 Å². The quantitative estimate of drug-likeness (QED) is 0.681. The molecule has 1 aliphatic carbocycles. The Hall–Kier alpha value is -0.120. The van der Waals surface area contributed by atoms with E-state index in [0.717, 1.165) is 26.1 Å². The molecule has 0 aromatic carbocycles. The molecule has 0 aromatic rings. The predicted molar refractivity (Wildman–Crippen MR) is 66.5 cm³/mol. The van der Waals surface area contributed by atoms with Crippen LogP contribution in [-0.4, -0.2) is 32.0 Å². The molecule has 0 amide bonds. The molecule has 3 heteroatoms. The van der Waals surface area contributed by atoms with Gasteiger partial charge in [0.1, 0.15) is 0 Å². The molecule has 0 aromatic heterocycles. The fourth-order valence-corrected chi connectivity index (χ4v) is 2.18. The largest absolute Gasteiger partial charge is 0.381 e. The van der Waals surface area contributed by atoms with Gasteiger partial charge in [0.2, 0.25) is 0 Å². The van der Waals surface area contributed by atoms with Crippen molar-refractivity contribution in [2.24, 2.45) is 11.7 Å². The van der Waals surface area contributed by atoms with Crippen LogP contribution in [0, 0.1) is 5.92 Å². The Bertz CT molecular complexity index is 194. The standard InChI is InChI=1S/C13H27NO2/c1-13(2,15-3)8-10-16-9-7-11-5-4-6-12(11)14/h11-12H,4-10,14H2,1-3H3. The van der Waals surface area contributed by atoms with E-state index >= 15 is 0 Å². The summed E-state index contributed by atoms with van der Waals surface area (Å²) in [6.45, 7) is 5.80. The van der Waals surface area contributed by atoms with Gasteiger partial charge in [-0.3, -0.25) is 0 Å². The number of nitrogens with two attached hydrogens (primary N) is 1. The van der Waals surface area contributed by atoms with E-state index in [0.29, 0.717) is 12.0 Å². The average molecular weight is 229 g/mol. The van der Waals surface area contributed by atoms with Gasteiger partial charge >= 0.3 is 0 Å². The van der Waals surface area contributed by atoms with Crippen LogP contribution < -0.4 is 5.73 Å². The van der Waals surface area contributed by atoms with Crippen molar-refractivity contribution in [3.63, 3.8) is 0 Å². The highest BCUT2D eigenvalue weighted by molar-refractivity contribution is 4.79. The van der Waals surface area contributed by atoms with Gasteiger partial charge in [0.15, 0.2) is 0 Å². The maximum Gasteiger partial charge on any atom is 0.0644 e. The first-order valence-corrected chi connectivity index (χ1v) is 6.43. The third kappa shape index (κ3) is 4.81. The third-order valence-corrected chi connectivity index (χ3v) is 3.75. The molecule has 1 fully saturated rings. The van der Waals surface area contributed by atoms with Crippen LogP contribution in [0.2, 0.25) is 0 Å². The van der Waals surface area contributed by atoms with E-state index in [1.54, 1.807) is 7.11 Å². The van der Waals surface area contributed by atoms with E-state index < -0.39 is 0 Å². The second kappa shape index (κ2) is 6.58. The number of rotatable bonds is 7. The highest BCUT2D eigenvalue weighted by Crippen LogP contribution is 2.26. The third-order valence-electron chi connectivity index (χ3n) is 3.75. The minimum Gasteiger partial charge on any atom is -0.381 e. The zero-order valence-corrected chi connectivity index (χ0v) is 11.0. The second-order valence-corrected chi connectivity index (χ2v) is 5.47. The van der Waals surface area contributed by atoms with Crippen molar-refractivity contribution in [2.75, 3.05) is 20.3 Å². The van der Waals surface area contributed by atoms with Gasteiger partial charge in [-0.15, -0.1) is 0 Å². The minimum atomic E-state index is -0.0657. The molecule has 96 valence electrons. The lowest BCUT2D eigenvalue weighted by molar-refractivity contribution is -0.0112. The molecule has 16 heavy (non-hydrogen) atoms. The molecule has 0 spiro atoms. The van der Waals surface area contributed by atoms with Gasteiger partial charge in [-0.1, -0.05) is 6.42 Å². The summed E-state index contributed by atoms with van der Waals surface area (Å²) >= 11 is 0. The van der Waals surface area contributed by atoms with E-state index in [2.05, 4.69) is 13.8 Å². The van der Waals surface area contributed by atoms with Crippen LogP contribution in [-0.2, 0) is 9.47 Å². The van der Waals surface area contributed by atoms with E-state index in [4.69, 9.17) is 15.2 Å². The zero-order chi connectivity index (χ0) is 12.0. The Balaban J connectivity index is 2.00. The molecule has 1 rings (SSSR count). The lowest BCUT2D eigenvalue weighted by atomic mass is 10.0. The first kappa shape index (κ1) is 13.9. The molecular weight excluding hydrogens is 202 g/mol. The predicted octanol–water partition coefficient (Wildman–Crippen LogP) is 2.34. The van der Waals surface area contributed by atoms with Crippen molar-refractivity contribution in [3.8, 4) is 0 Å². The van der Waals surface area contributed by atoms with Gasteiger partial charge in [0.25, 0.3) is 0 Å². The van der Waals surface area contributed by atoms with Crippen LogP contribution in [0.25, 0.3) is 0 Å². The smallest absolute Gasteiger partial charge is 0.0644 e. The van der Waals surface area contributed by atoms with Crippen LogP contribution in [0.4, 0.5) is 0 Å². The van der Waals surface area contributed by atoms with Gasteiger partial charge in [0.05, 0.1) is 5.60 Å². The fourth-order valence-electron chi connectivity index (χ4n) is 2.18. The van der Waals surface area contributed by atoms with E-state index in [1.807, 2.05) is 0 Å². The second-order valence-electron chi connectivity index (χ2n) is 5.47. The molecule has 1 aliphatic rings. The number of ether oxygens (including phenoxy) is 2. The Labute approximate surface area is 99.7 Å². The molecule has 3 nitrogen and oxygen atoms in total. The van der Waals surface area contributed by atoms with Gasteiger partial charge in [0, 0.05) is 26.4 Å². The molecule has 2 atom stereocenters. The molecule has 1 saturated carbocycles. The van der Waals surface area contributed by atoms with Gasteiger partial charge < -0.3 is 15.2 Å². The Morgan fingerprint density at radius 2 is 2.00 bits per heavy atom. The van der Waals surface area contributed by atoms with Gasteiger partial charge in [-0.25, -0.2) is 0 Å². The van der Waals surface area contributed by atoms with Crippen molar-refractivity contribution < 1.29 is 9.47 Å². The van der Waals surface area contributed by atoms with Crippen LogP contribution in [0.3, 0.4) is 0 Å². The van der Waals surface area contributed by atoms with Crippen molar-refractivity contribution >= 4 is 0 Å². The SMILES string of the molecule is COC(C)(C)CCOCCC1CCCC1N. The molecule has 0 heterocycles. The number of methoxy groups -OCH3 is 1. The first-order valence-electron chi connectivity index (χ1n) is 6.43. The summed E-state index contributed by atoms with van der Waals surface area (Å²) in [5, 5.41) is 0. The van der Waals surface area contributed by atoms with Gasteiger partial charge in [-0.05, 0) is 45.4 Å². The van der Waals surface area contributed by atoms with Crippen LogP contribution in [0.15, 0.2) is 0 Å². The van der Waals surface area contributed by atoms with Crippen LogP contribution in [0.5, 0.6) is 0 Å². The summed E-state index contributed by atoms with van der Waals surface area (Å²) in [6, 6.07) is 0.416. The lowest BCUT2D eigenvalue weighted by Crippen LogP contribution is -2.26. The highest BCUT2D eigenvalue weighted by Gasteiger charge is 2.23. The Kier molecular flexibility index (Phi) is 5.73. The fraction of sp³-hybridized carbons (Fsp3) is 1.00. The summed E-state index contributed by atoms with van der Waals surface area (Å²) < 4.78 is 11.0. The summed E-state index contributed by atoms with van der Waals surface area (Å²) in [7, 11) is 1.75. The van der Waals surface area contributed by atoms with E-state index in [-0.39, 0.29) is 5.60 Å². The molecule has 2 unspecified atom stereocenters. The summed E-state index contributed by atoms with van der Waals surface area (Å²) in [5.74, 6) is 0.690. The zero-order valence-electron chi connectivity index (χ0n) is 11.0. The molecule has 0 aliphatic heterocycles. The molecule has 0 radical (unpaired) electrons. The molecule has 2 N–H and O–H groups in total. The lowest BCUT2D eigenvalue weighted by Gasteiger charge is -2.22. The molecule has 0 bridgehead atoms. The summed E-state index contributed by atoms with van der Waals surface area (Å²) in [6.07, 6.45) is 5.84. The monoisotopic (exact) mass is 229 g/mol. The van der Waals surface area contributed by atoms with Crippen molar-refractivity contribution in [1.29, 1.82) is 0 Å². The summed E-state index contributed by atoms with van der Waals surface area (Å²) in [5.41, 5.74) is 5.94. The molecular formula is C13H27NO2. The maximum atomic E-state index is 6.01. The van der Waals surface area contributed by atoms with Crippen molar-refractivity contribution in [3.05, 3.63) is 0 Å². The molecule has 0 saturated heterocycles. The topological polar surface area (TPSA) is 44.5 Å². The highest BCUT2D eigenvalue weighted by atomic mass is 16.5. The summed E-state index contributed by atoms with van der Waals surface area (Å²) in [4.78, 5) is 0. The number of hydrogen-bond acceptors (Lipinski definition) is 3. The van der Waals surface area contributed by atoms with E-state index in [1.165, 1.54) is 19.3 Å². The first-order chi connectivity index (χ1) is 7.55. The van der Waals surface area contributed by atoms with Crippen LogP contribution in [0.1, 0.15) is 46.0 Å². The van der Waals surface area contributed by atoms with Crippen molar-refractivity contribution in [1.82, 2.24) is 0 Å². The maximum absolute atomic E-state index is 6.01. The van der Waals surface area contributed by atoms with E-state index in [9.17, 15) is 0 Å². The Morgan fingerprint density at radius 1 is 1.25 bits per heavy atom. The average Bonchev–Trinajstić information content (AvgIpc) is 2.64. The normalized spacial score (nSPS) is 26.2. The van der Waals surface area contributed by atoms with Gasteiger partial charge in [-0.2, -0.15) is 0 Å². The number of hydrogen-bond donors (Lipinski definition) is 1. The Morgan fingerprint density at radius 3 is 2.56 bits per heavy atom. The van der Waals surface area contributed by atoms with Crippen molar-refractivity contribution in [2.45, 2.75) is 57.6 Å². The minimum absolute atomic E-state index is 0.0657.